The summed E-state index contributed by atoms with van der Waals surface area (Å²) in [6.45, 7) is 2.03. The summed E-state index contributed by atoms with van der Waals surface area (Å²) in [6, 6.07) is 5.89. The Morgan fingerprint density at radius 3 is 2.89 bits per heavy atom. The highest BCUT2D eigenvalue weighted by Gasteiger charge is 2.16. The van der Waals surface area contributed by atoms with Crippen LogP contribution in [0.4, 0.5) is 0 Å². The van der Waals surface area contributed by atoms with E-state index in [1.165, 1.54) is 0 Å². The van der Waals surface area contributed by atoms with E-state index in [0.29, 0.717) is 5.02 Å². The number of hydrogen-bond acceptors (Lipinski definition) is 3. The first-order chi connectivity index (χ1) is 8.83. The van der Waals surface area contributed by atoms with Gasteiger partial charge < -0.3 is 10.1 Å². The van der Waals surface area contributed by atoms with Gasteiger partial charge in [-0.1, -0.05) is 11.6 Å². The van der Waals surface area contributed by atoms with E-state index in [-0.39, 0.29) is 6.10 Å². The second-order valence-electron chi connectivity index (χ2n) is 4.57. The third kappa shape index (κ3) is 2.42. The molecule has 0 unspecified atom stereocenters. The van der Waals surface area contributed by atoms with Gasteiger partial charge in [0.25, 0.3) is 0 Å². The molecule has 0 atom stereocenters. The Labute approximate surface area is 111 Å². The molecule has 94 valence electrons. The number of aromatic nitrogens is 1. The van der Waals surface area contributed by atoms with Crippen molar-refractivity contribution in [2.75, 3.05) is 13.1 Å². The van der Waals surface area contributed by atoms with Crippen molar-refractivity contribution in [1.29, 1.82) is 0 Å². The lowest BCUT2D eigenvalue weighted by molar-refractivity contribution is 0.163. The summed E-state index contributed by atoms with van der Waals surface area (Å²) in [4.78, 5) is 4.09. The van der Waals surface area contributed by atoms with Crippen LogP contribution in [0, 0.1) is 0 Å². The Hall–Kier alpha value is -1.32. The van der Waals surface area contributed by atoms with E-state index >= 15 is 0 Å². The highest BCUT2D eigenvalue weighted by atomic mass is 35.5. The fraction of sp³-hybridized carbons (Fsp3) is 0.357. The molecular weight excluding hydrogens is 248 g/mol. The van der Waals surface area contributed by atoms with E-state index in [9.17, 15) is 0 Å². The molecule has 2 aromatic rings. The maximum absolute atomic E-state index is 6.25. The zero-order chi connectivity index (χ0) is 12.4. The Bertz CT molecular complexity index is 552. The molecule has 1 fully saturated rings. The van der Waals surface area contributed by atoms with E-state index in [2.05, 4.69) is 10.3 Å². The molecule has 1 N–H and O–H groups in total. The maximum Gasteiger partial charge on any atom is 0.138 e. The largest absolute Gasteiger partial charge is 0.489 e. The predicted octanol–water partition coefficient (Wildman–Crippen LogP) is 3.02. The maximum atomic E-state index is 6.25. The third-order valence-electron chi connectivity index (χ3n) is 3.27. The molecule has 0 aliphatic carbocycles. The molecule has 3 nitrogen and oxygen atoms in total. The van der Waals surface area contributed by atoms with Gasteiger partial charge in [-0.05, 0) is 49.5 Å². The molecule has 3 rings (SSSR count). The van der Waals surface area contributed by atoms with E-state index in [1.807, 2.05) is 24.4 Å². The Morgan fingerprint density at radius 2 is 2.06 bits per heavy atom. The van der Waals surface area contributed by atoms with E-state index in [1.54, 1.807) is 6.20 Å². The second-order valence-corrected chi connectivity index (χ2v) is 4.98. The minimum absolute atomic E-state index is 0.267. The molecule has 4 heteroatoms. The summed E-state index contributed by atoms with van der Waals surface area (Å²) >= 11 is 6.25. The number of pyridine rings is 1. The zero-order valence-electron chi connectivity index (χ0n) is 10.0. The first-order valence-electron chi connectivity index (χ1n) is 6.23. The van der Waals surface area contributed by atoms with Crippen molar-refractivity contribution < 1.29 is 4.74 Å². The van der Waals surface area contributed by atoms with Gasteiger partial charge in [0, 0.05) is 17.8 Å². The van der Waals surface area contributed by atoms with Crippen LogP contribution in [0.5, 0.6) is 5.75 Å². The highest BCUT2D eigenvalue weighted by Crippen LogP contribution is 2.31. The SMILES string of the molecule is Clc1cc2cnccc2cc1OC1CCNCC1. The van der Waals surface area contributed by atoms with Crippen LogP contribution in [-0.2, 0) is 0 Å². The predicted molar refractivity (Wildman–Crippen MR) is 73.3 cm³/mol. The molecule has 18 heavy (non-hydrogen) atoms. The fourth-order valence-corrected chi connectivity index (χ4v) is 2.49. The van der Waals surface area contributed by atoms with Gasteiger partial charge in [0.2, 0.25) is 0 Å². The minimum Gasteiger partial charge on any atom is -0.489 e. The lowest BCUT2D eigenvalue weighted by atomic mass is 10.1. The number of piperidine rings is 1. The van der Waals surface area contributed by atoms with Crippen LogP contribution in [0.2, 0.25) is 5.02 Å². The number of halogens is 1. The van der Waals surface area contributed by atoms with Crippen molar-refractivity contribution in [1.82, 2.24) is 10.3 Å². The van der Waals surface area contributed by atoms with Gasteiger partial charge in [0.1, 0.15) is 11.9 Å². The average molecular weight is 263 g/mol. The third-order valence-corrected chi connectivity index (χ3v) is 3.57. The van der Waals surface area contributed by atoms with Crippen LogP contribution in [0.15, 0.2) is 30.6 Å². The molecule has 1 aliphatic rings. The zero-order valence-corrected chi connectivity index (χ0v) is 10.8. The van der Waals surface area contributed by atoms with Crippen LogP contribution < -0.4 is 10.1 Å². The van der Waals surface area contributed by atoms with Crippen molar-refractivity contribution in [2.24, 2.45) is 0 Å². The summed E-state index contributed by atoms with van der Waals surface area (Å²) in [5, 5.41) is 6.14. The molecule has 0 radical (unpaired) electrons. The lowest BCUT2D eigenvalue weighted by Gasteiger charge is -2.24. The summed E-state index contributed by atoms with van der Waals surface area (Å²) in [6.07, 6.45) is 5.93. The number of rotatable bonds is 2. The second kappa shape index (κ2) is 5.12. The van der Waals surface area contributed by atoms with Crippen molar-refractivity contribution in [3.8, 4) is 5.75 Å². The number of hydrogen-bond donors (Lipinski definition) is 1. The average Bonchev–Trinajstić information content (AvgIpc) is 2.41. The number of fused-ring (bicyclic) bond motifs is 1. The molecule has 0 spiro atoms. The first-order valence-corrected chi connectivity index (χ1v) is 6.61. The van der Waals surface area contributed by atoms with Crippen molar-refractivity contribution in [2.45, 2.75) is 18.9 Å². The van der Waals surface area contributed by atoms with Gasteiger partial charge >= 0.3 is 0 Å². The summed E-state index contributed by atoms with van der Waals surface area (Å²) in [5.74, 6) is 0.780. The van der Waals surface area contributed by atoms with Crippen LogP contribution in [0.3, 0.4) is 0 Å². The molecule has 2 heterocycles. The van der Waals surface area contributed by atoms with Crippen LogP contribution in [0.25, 0.3) is 10.8 Å². The smallest absolute Gasteiger partial charge is 0.138 e. The Balaban J connectivity index is 1.88. The van der Waals surface area contributed by atoms with E-state index in [4.69, 9.17) is 16.3 Å². The summed E-state index contributed by atoms with van der Waals surface area (Å²) in [7, 11) is 0. The van der Waals surface area contributed by atoms with Gasteiger partial charge in [-0.3, -0.25) is 4.98 Å². The molecule has 0 bridgehead atoms. The molecule has 1 aromatic heterocycles. The summed E-state index contributed by atoms with van der Waals surface area (Å²) in [5.41, 5.74) is 0. The molecule has 1 aliphatic heterocycles. The molecule has 0 amide bonds. The van der Waals surface area contributed by atoms with Gasteiger partial charge in [0.15, 0.2) is 0 Å². The number of benzene rings is 1. The molecule has 1 saturated heterocycles. The van der Waals surface area contributed by atoms with Crippen LogP contribution in [-0.4, -0.2) is 24.2 Å². The number of nitrogens with one attached hydrogen (secondary N) is 1. The topological polar surface area (TPSA) is 34.1 Å². The number of ether oxygens (including phenoxy) is 1. The quantitative estimate of drug-likeness (QED) is 0.903. The van der Waals surface area contributed by atoms with E-state index < -0.39 is 0 Å². The van der Waals surface area contributed by atoms with Crippen LogP contribution in [0.1, 0.15) is 12.8 Å². The minimum atomic E-state index is 0.267. The van der Waals surface area contributed by atoms with Gasteiger partial charge in [0.05, 0.1) is 5.02 Å². The Kier molecular flexibility index (Phi) is 3.35. The van der Waals surface area contributed by atoms with Crippen LogP contribution >= 0.6 is 11.6 Å². The fourth-order valence-electron chi connectivity index (χ4n) is 2.27. The normalized spacial score (nSPS) is 16.9. The molecule has 1 aromatic carbocycles. The van der Waals surface area contributed by atoms with Gasteiger partial charge in [-0.25, -0.2) is 0 Å². The van der Waals surface area contributed by atoms with E-state index in [0.717, 1.165) is 42.5 Å². The molecule has 0 saturated carbocycles. The van der Waals surface area contributed by atoms with Crippen molar-refractivity contribution in [3.63, 3.8) is 0 Å². The first kappa shape index (κ1) is 11.8. The number of nitrogens with zero attached hydrogens (tertiary/aromatic N) is 1. The van der Waals surface area contributed by atoms with Crippen molar-refractivity contribution in [3.05, 3.63) is 35.6 Å². The summed E-state index contributed by atoms with van der Waals surface area (Å²) < 4.78 is 6.00. The highest BCUT2D eigenvalue weighted by molar-refractivity contribution is 6.32. The lowest BCUT2D eigenvalue weighted by Crippen LogP contribution is -2.34. The van der Waals surface area contributed by atoms with Crippen molar-refractivity contribution >= 4 is 22.4 Å². The monoisotopic (exact) mass is 262 g/mol. The van der Waals surface area contributed by atoms with Gasteiger partial charge in [-0.15, -0.1) is 0 Å². The van der Waals surface area contributed by atoms with Gasteiger partial charge in [-0.2, -0.15) is 0 Å². The Morgan fingerprint density at radius 1 is 1.22 bits per heavy atom. The standard InChI is InChI=1S/C14H15ClN2O/c15-13-7-11-9-17-4-1-10(11)8-14(13)18-12-2-5-16-6-3-12/h1,4,7-9,12,16H,2-3,5-6H2. The molecular formula is C14H15ClN2O.